The largest absolute Gasteiger partial charge is 0.314 e. The first-order valence-corrected chi connectivity index (χ1v) is 6.20. The molecule has 1 aliphatic rings. The van der Waals surface area contributed by atoms with Gasteiger partial charge in [-0.1, -0.05) is 6.42 Å². The summed E-state index contributed by atoms with van der Waals surface area (Å²) in [5.41, 5.74) is -0.137. The highest BCUT2D eigenvalue weighted by Crippen LogP contribution is 2.32. The fourth-order valence-corrected chi connectivity index (χ4v) is 1.84. The van der Waals surface area contributed by atoms with E-state index in [1.807, 2.05) is 13.8 Å². The van der Waals surface area contributed by atoms with Crippen molar-refractivity contribution < 1.29 is 0 Å². The van der Waals surface area contributed by atoms with Crippen LogP contribution in [-0.4, -0.2) is 12.6 Å². The van der Waals surface area contributed by atoms with E-state index < -0.39 is 0 Å². The molecule has 0 bridgehead atoms. The number of hydrogen-bond donors (Lipinski definition) is 1. The molecule has 0 aromatic heterocycles. The first-order chi connectivity index (χ1) is 7.05. The maximum atomic E-state index is 8.85. The zero-order valence-corrected chi connectivity index (χ0v) is 10.3. The Kier molecular flexibility index (Phi) is 4.60. The van der Waals surface area contributed by atoms with E-state index >= 15 is 0 Å². The summed E-state index contributed by atoms with van der Waals surface area (Å²) in [6.45, 7) is 7.44. The summed E-state index contributed by atoms with van der Waals surface area (Å²) >= 11 is 0. The van der Waals surface area contributed by atoms with E-state index in [0.717, 1.165) is 25.3 Å². The molecule has 0 radical (unpaired) electrons. The van der Waals surface area contributed by atoms with Gasteiger partial charge in [0.05, 0.1) is 11.5 Å². The molecule has 2 heteroatoms. The van der Waals surface area contributed by atoms with Gasteiger partial charge in [-0.25, -0.2) is 0 Å². The van der Waals surface area contributed by atoms with E-state index in [2.05, 4.69) is 18.3 Å². The lowest BCUT2D eigenvalue weighted by Crippen LogP contribution is -2.28. The predicted molar refractivity (Wildman–Crippen MR) is 63.4 cm³/mol. The Labute approximate surface area is 94.1 Å². The summed E-state index contributed by atoms with van der Waals surface area (Å²) in [5, 5.41) is 12.4. The summed E-state index contributed by atoms with van der Waals surface area (Å²) < 4.78 is 0. The molecular formula is C13H24N2. The number of nitrogens with zero attached hydrogens (tertiary/aromatic N) is 1. The van der Waals surface area contributed by atoms with Crippen molar-refractivity contribution >= 4 is 0 Å². The van der Waals surface area contributed by atoms with Crippen LogP contribution in [0.25, 0.3) is 0 Å². The van der Waals surface area contributed by atoms with Gasteiger partial charge in [0, 0.05) is 6.04 Å². The fourth-order valence-electron chi connectivity index (χ4n) is 1.84. The average Bonchev–Trinajstić information content (AvgIpc) is 3.00. The zero-order valence-electron chi connectivity index (χ0n) is 10.3. The molecule has 1 fully saturated rings. The Morgan fingerprint density at radius 2 is 2.07 bits per heavy atom. The molecule has 15 heavy (non-hydrogen) atoms. The van der Waals surface area contributed by atoms with Crippen molar-refractivity contribution in [3.8, 4) is 6.07 Å². The average molecular weight is 208 g/mol. The minimum atomic E-state index is -0.137. The van der Waals surface area contributed by atoms with Crippen molar-refractivity contribution in [2.45, 2.75) is 58.9 Å². The number of rotatable bonds is 7. The van der Waals surface area contributed by atoms with E-state index in [9.17, 15) is 0 Å². The molecule has 2 nitrogen and oxygen atoms in total. The first-order valence-electron chi connectivity index (χ1n) is 6.20. The standard InChI is InChI=1S/C13H24N2/c1-11(12-6-7-12)15-9-5-4-8-13(2,3)10-14/h11-12,15H,4-9H2,1-3H3. The van der Waals surface area contributed by atoms with Gasteiger partial charge in [-0.2, -0.15) is 5.26 Å². The fraction of sp³-hybridized carbons (Fsp3) is 0.923. The summed E-state index contributed by atoms with van der Waals surface area (Å²) in [6, 6.07) is 3.05. The Balaban J connectivity index is 1.95. The lowest BCUT2D eigenvalue weighted by atomic mass is 9.89. The maximum absolute atomic E-state index is 8.85. The molecule has 1 saturated carbocycles. The molecule has 86 valence electrons. The molecule has 0 spiro atoms. The molecule has 1 unspecified atom stereocenters. The van der Waals surface area contributed by atoms with E-state index in [0.29, 0.717) is 6.04 Å². The maximum Gasteiger partial charge on any atom is 0.0683 e. The van der Waals surface area contributed by atoms with Gasteiger partial charge in [0.25, 0.3) is 0 Å². The number of hydrogen-bond acceptors (Lipinski definition) is 2. The molecule has 0 aromatic carbocycles. The molecule has 0 saturated heterocycles. The second-order valence-corrected chi connectivity index (χ2v) is 5.53. The molecule has 1 N–H and O–H groups in total. The highest BCUT2D eigenvalue weighted by Gasteiger charge is 2.27. The Bertz CT molecular complexity index is 223. The molecule has 1 aliphatic carbocycles. The molecule has 0 amide bonds. The van der Waals surface area contributed by atoms with Crippen molar-refractivity contribution in [3.63, 3.8) is 0 Å². The number of unbranched alkanes of at least 4 members (excludes halogenated alkanes) is 1. The van der Waals surface area contributed by atoms with Crippen LogP contribution in [0.4, 0.5) is 0 Å². The van der Waals surface area contributed by atoms with Crippen molar-refractivity contribution in [1.29, 1.82) is 5.26 Å². The normalized spacial score (nSPS) is 18.5. The second kappa shape index (κ2) is 5.51. The van der Waals surface area contributed by atoms with Gasteiger partial charge in [-0.05, 0) is 58.9 Å². The molecular weight excluding hydrogens is 184 g/mol. The number of nitriles is 1. The van der Waals surface area contributed by atoms with Crippen LogP contribution in [0.3, 0.4) is 0 Å². The van der Waals surface area contributed by atoms with Gasteiger partial charge < -0.3 is 5.32 Å². The van der Waals surface area contributed by atoms with Crippen LogP contribution in [0.15, 0.2) is 0 Å². The quantitative estimate of drug-likeness (QED) is 0.653. The van der Waals surface area contributed by atoms with Crippen LogP contribution < -0.4 is 5.32 Å². The summed E-state index contributed by atoms with van der Waals surface area (Å²) in [6.07, 6.45) is 6.20. The summed E-state index contributed by atoms with van der Waals surface area (Å²) in [5.74, 6) is 0.945. The minimum absolute atomic E-state index is 0.137. The van der Waals surface area contributed by atoms with Gasteiger partial charge in [-0.15, -0.1) is 0 Å². The third kappa shape index (κ3) is 5.18. The molecule has 0 aromatic rings. The van der Waals surface area contributed by atoms with E-state index in [1.54, 1.807) is 0 Å². The van der Waals surface area contributed by atoms with Gasteiger partial charge in [0.15, 0.2) is 0 Å². The van der Waals surface area contributed by atoms with Gasteiger partial charge in [-0.3, -0.25) is 0 Å². The molecule has 1 rings (SSSR count). The smallest absolute Gasteiger partial charge is 0.0683 e. The highest BCUT2D eigenvalue weighted by molar-refractivity contribution is 4.91. The third-order valence-electron chi connectivity index (χ3n) is 3.33. The Hall–Kier alpha value is -0.550. The number of nitrogens with one attached hydrogen (secondary N) is 1. The highest BCUT2D eigenvalue weighted by atomic mass is 14.9. The van der Waals surface area contributed by atoms with E-state index in [1.165, 1.54) is 19.3 Å². The first kappa shape index (κ1) is 12.5. The molecule has 0 aliphatic heterocycles. The second-order valence-electron chi connectivity index (χ2n) is 5.53. The van der Waals surface area contributed by atoms with Crippen LogP contribution in [0.1, 0.15) is 52.9 Å². The zero-order chi connectivity index (χ0) is 11.3. The van der Waals surface area contributed by atoms with Gasteiger partial charge in [0.1, 0.15) is 0 Å². The van der Waals surface area contributed by atoms with Crippen molar-refractivity contribution in [1.82, 2.24) is 5.32 Å². The van der Waals surface area contributed by atoms with Crippen LogP contribution in [0.5, 0.6) is 0 Å². The van der Waals surface area contributed by atoms with Crippen LogP contribution in [-0.2, 0) is 0 Å². The van der Waals surface area contributed by atoms with E-state index in [-0.39, 0.29) is 5.41 Å². The summed E-state index contributed by atoms with van der Waals surface area (Å²) in [7, 11) is 0. The van der Waals surface area contributed by atoms with Crippen molar-refractivity contribution in [2.75, 3.05) is 6.54 Å². The van der Waals surface area contributed by atoms with Crippen LogP contribution in [0.2, 0.25) is 0 Å². The van der Waals surface area contributed by atoms with E-state index in [4.69, 9.17) is 5.26 Å². The predicted octanol–water partition coefficient (Wildman–Crippen LogP) is 3.09. The Morgan fingerprint density at radius 3 is 2.60 bits per heavy atom. The van der Waals surface area contributed by atoms with Crippen molar-refractivity contribution in [2.24, 2.45) is 11.3 Å². The monoisotopic (exact) mass is 208 g/mol. The molecule has 1 atom stereocenters. The lowest BCUT2D eigenvalue weighted by molar-refractivity contribution is 0.411. The minimum Gasteiger partial charge on any atom is -0.314 e. The third-order valence-corrected chi connectivity index (χ3v) is 3.33. The SMILES string of the molecule is CC(NCCCCC(C)(C)C#N)C1CC1. The molecule has 0 heterocycles. The Morgan fingerprint density at radius 1 is 1.40 bits per heavy atom. The van der Waals surface area contributed by atoms with Gasteiger partial charge in [0.2, 0.25) is 0 Å². The van der Waals surface area contributed by atoms with Crippen LogP contribution >= 0.6 is 0 Å². The lowest BCUT2D eigenvalue weighted by Gasteiger charge is -2.16. The van der Waals surface area contributed by atoms with Crippen molar-refractivity contribution in [3.05, 3.63) is 0 Å². The topological polar surface area (TPSA) is 35.8 Å². The van der Waals surface area contributed by atoms with Gasteiger partial charge >= 0.3 is 0 Å². The summed E-state index contributed by atoms with van der Waals surface area (Å²) in [4.78, 5) is 0. The van der Waals surface area contributed by atoms with Crippen LogP contribution in [0, 0.1) is 22.7 Å².